The van der Waals surface area contributed by atoms with Crippen molar-refractivity contribution in [2.24, 2.45) is 0 Å². The summed E-state index contributed by atoms with van der Waals surface area (Å²) in [4.78, 5) is 26.3. The van der Waals surface area contributed by atoms with Gasteiger partial charge in [0.1, 0.15) is 5.69 Å². The number of carbonyl (C=O) groups is 2. The number of nitrogen functional groups attached to an aromatic ring is 1. The van der Waals surface area contributed by atoms with E-state index in [1.54, 1.807) is 30.3 Å². The van der Waals surface area contributed by atoms with Gasteiger partial charge in [0.05, 0.1) is 11.9 Å². The smallest absolute Gasteiger partial charge is 0.328 e. The van der Waals surface area contributed by atoms with Gasteiger partial charge in [-0.15, -0.1) is 0 Å². The van der Waals surface area contributed by atoms with Crippen LogP contribution in [0.1, 0.15) is 16.1 Å². The van der Waals surface area contributed by atoms with Crippen molar-refractivity contribution in [1.82, 2.24) is 4.98 Å². The van der Waals surface area contributed by atoms with Gasteiger partial charge in [0, 0.05) is 11.8 Å². The van der Waals surface area contributed by atoms with Gasteiger partial charge in [0.15, 0.2) is 0 Å². The number of nitrogens with zero attached hydrogens (tertiary/aromatic N) is 1. The van der Waals surface area contributed by atoms with Crippen LogP contribution in [-0.2, 0) is 4.79 Å². The van der Waals surface area contributed by atoms with Crippen LogP contribution in [-0.4, -0.2) is 22.0 Å². The second-order valence-corrected chi connectivity index (χ2v) is 4.22. The molecule has 2 rings (SSSR count). The highest BCUT2D eigenvalue weighted by molar-refractivity contribution is 6.03. The number of pyridine rings is 1. The number of aliphatic carboxylic acids is 1. The molecule has 0 atom stereocenters. The molecule has 2 aromatic rings. The van der Waals surface area contributed by atoms with Crippen LogP contribution in [0.5, 0.6) is 0 Å². The first-order valence-corrected chi connectivity index (χ1v) is 6.08. The number of anilines is 2. The molecule has 0 aliphatic heterocycles. The van der Waals surface area contributed by atoms with Crippen molar-refractivity contribution in [3.8, 4) is 0 Å². The second kappa shape index (κ2) is 6.33. The number of nitrogens with two attached hydrogens (primary N) is 1. The van der Waals surface area contributed by atoms with Crippen molar-refractivity contribution in [3.05, 3.63) is 59.9 Å². The lowest BCUT2D eigenvalue weighted by Gasteiger charge is -2.05. The van der Waals surface area contributed by atoms with E-state index in [0.29, 0.717) is 11.4 Å². The minimum Gasteiger partial charge on any atom is -0.478 e. The lowest BCUT2D eigenvalue weighted by Crippen LogP contribution is -2.13. The molecule has 6 heteroatoms. The highest BCUT2D eigenvalue weighted by atomic mass is 16.4. The van der Waals surface area contributed by atoms with E-state index in [0.717, 1.165) is 11.6 Å². The van der Waals surface area contributed by atoms with Gasteiger partial charge in [-0.05, 0) is 35.9 Å². The minimum absolute atomic E-state index is 0.263. The number of hydrogen-bond donors (Lipinski definition) is 3. The van der Waals surface area contributed by atoms with Crippen LogP contribution >= 0.6 is 0 Å². The van der Waals surface area contributed by atoms with E-state index in [9.17, 15) is 9.59 Å². The maximum absolute atomic E-state index is 11.9. The molecule has 4 N–H and O–H groups in total. The molecule has 0 saturated carbocycles. The van der Waals surface area contributed by atoms with Crippen LogP contribution in [0.15, 0.2) is 48.7 Å². The van der Waals surface area contributed by atoms with Crippen LogP contribution in [0, 0.1) is 0 Å². The van der Waals surface area contributed by atoms with Crippen LogP contribution < -0.4 is 11.1 Å². The maximum atomic E-state index is 11.9. The largest absolute Gasteiger partial charge is 0.478 e. The fraction of sp³-hybridized carbons (Fsp3) is 0. The van der Waals surface area contributed by atoms with E-state index in [2.05, 4.69) is 10.3 Å². The Hall–Kier alpha value is -3.15. The number of aromatic nitrogens is 1. The number of carboxylic acid groups (broad SMARTS) is 1. The number of carbonyl (C=O) groups excluding carboxylic acids is 1. The van der Waals surface area contributed by atoms with Crippen molar-refractivity contribution >= 4 is 29.3 Å². The lowest BCUT2D eigenvalue weighted by molar-refractivity contribution is -0.131. The predicted molar refractivity (Wildman–Crippen MR) is 79.7 cm³/mol. The zero-order valence-corrected chi connectivity index (χ0v) is 11.0. The first kappa shape index (κ1) is 14.3. The standard InChI is InChI=1S/C15H13N3O3/c16-11-4-7-13(17-9-11)15(21)18-12-5-1-10(2-6-12)3-8-14(19)20/h1-9H,16H2,(H,18,21)(H,19,20)/b8-3+. The van der Waals surface area contributed by atoms with E-state index < -0.39 is 5.97 Å². The Morgan fingerprint density at radius 1 is 1.14 bits per heavy atom. The quantitative estimate of drug-likeness (QED) is 0.744. The van der Waals surface area contributed by atoms with Gasteiger partial charge in [-0.1, -0.05) is 12.1 Å². The van der Waals surface area contributed by atoms with Crippen LogP contribution in [0.4, 0.5) is 11.4 Å². The maximum Gasteiger partial charge on any atom is 0.328 e. The van der Waals surface area contributed by atoms with Crippen LogP contribution in [0.25, 0.3) is 6.08 Å². The average Bonchev–Trinajstić information content (AvgIpc) is 2.47. The molecule has 0 fully saturated rings. The molecule has 0 aliphatic carbocycles. The molecule has 1 amide bonds. The van der Waals surface area contributed by atoms with E-state index in [1.165, 1.54) is 18.3 Å². The molecule has 0 spiro atoms. The first-order valence-electron chi connectivity index (χ1n) is 6.08. The minimum atomic E-state index is -1.01. The van der Waals surface area contributed by atoms with Gasteiger partial charge in [-0.3, -0.25) is 4.79 Å². The predicted octanol–water partition coefficient (Wildman–Crippen LogP) is 2.01. The summed E-state index contributed by atoms with van der Waals surface area (Å²) in [5, 5.41) is 11.2. The molecule has 0 aliphatic rings. The Balaban J connectivity index is 2.04. The highest BCUT2D eigenvalue weighted by Crippen LogP contribution is 2.12. The normalized spacial score (nSPS) is 10.5. The van der Waals surface area contributed by atoms with Crippen molar-refractivity contribution in [2.75, 3.05) is 11.1 Å². The molecule has 0 saturated heterocycles. The third-order valence-corrected chi connectivity index (χ3v) is 2.61. The number of hydrogen-bond acceptors (Lipinski definition) is 4. The average molecular weight is 283 g/mol. The highest BCUT2D eigenvalue weighted by Gasteiger charge is 2.06. The molecular formula is C15H13N3O3. The summed E-state index contributed by atoms with van der Waals surface area (Å²) in [5.74, 6) is -1.36. The van der Waals surface area contributed by atoms with Crippen molar-refractivity contribution in [1.29, 1.82) is 0 Å². The molecule has 1 aromatic heterocycles. The summed E-state index contributed by atoms with van der Waals surface area (Å²) in [6.45, 7) is 0. The summed E-state index contributed by atoms with van der Waals surface area (Å²) >= 11 is 0. The molecule has 21 heavy (non-hydrogen) atoms. The molecular weight excluding hydrogens is 270 g/mol. The number of rotatable bonds is 4. The first-order chi connectivity index (χ1) is 10.0. The van der Waals surface area contributed by atoms with E-state index in [1.807, 2.05) is 0 Å². The van der Waals surface area contributed by atoms with E-state index >= 15 is 0 Å². The molecule has 0 radical (unpaired) electrons. The summed E-state index contributed by atoms with van der Waals surface area (Å²) in [5.41, 5.74) is 7.57. The topological polar surface area (TPSA) is 105 Å². The molecule has 1 heterocycles. The molecule has 0 unspecified atom stereocenters. The van der Waals surface area contributed by atoms with Crippen molar-refractivity contribution < 1.29 is 14.7 Å². The summed E-state index contributed by atoms with van der Waals surface area (Å²) in [6, 6.07) is 9.89. The number of nitrogens with one attached hydrogen (secondary N) is 1. The van der Waals surface area contributed by atoms with Crippen LogP contribution in [0.3, 0.4) is 0 Å². The Morgan fingerprint density at radius 3 is 2.43 bits per heavy atom. The third kappa shape index (κ3) is 4.17. The summed E-state index contributed by atoms with van der Waals surface area (Å²) in [6.07, 6.45) is 3.93. The van der Waals surface area contributed by atoms with Crippen LogP contribution in [0.2, 0.25) is 0 Å². The molecule has 106 valence electrons. The number of amides is 1. The van der Waals surface area contributed by atoms with Crippen molar-refractivity contribution in [2.45, 2.75) is 0 Å². The molecule has 6 nitrogen and oxygen atoms in total. The van der Waals surface area contributed by atoms with E-state index in [-0.39, 0.29) is 11.6 Å². The molecule has 1 aromatic carbocycles. The zero-order chi connectivity index (χ0) is 15.2. The lowest BCUT2D eigenvalue weighted by atomic mass is 10.2. The van der Waals surface area contributed by atoms with Gasteiger partial charge in [-0.2, -0.15) is 0 Å². The summed E-state index contributed by atoms with van der Waals surface area (Å²) in [7, 11) is 0. The summed E-state index contributed by atoms with van der Waals surface area (Å²) < 4.78 is 0. The Labute approximate surface area is 120 Å². The Morgan fingerprint density at radius 2 is 1.86 bits per heavy atom. The van der Waals surface area contributed by atoms with Crippen molar-refractivity contribution in [3.63, 3.8) is 0 Å². The molecule has 0 bridgehead atoms. The fourth-order valence-corrected chi connectivity index (χ4v) is 1.58. The van der Waals surface area contributed by atoms with Gasteiger partial charge in [0.2, 0.25) is 0 Å². The van der Waals surface area contributed by atoms with Gasteiger partial charge in [0.25, 0.3) is 5.91 Å². The van der Waals surface area contributed by atoms with Gasteiger partial charge < -0.3 is 16.2 Å². The zero-order valence-electron chi connectivity index (χ0n) is 11.0. The van der Waals surface area contributed by atoms with E-state index in [4.69, 9.17) is 10.8 Å². The fourth-order valence-electron chi connectivity index (χ4n) is 1.58. The Kier molecular flexibility index (Phi) is 4.30. The van der Waals surface area contributed by atoms with Gasteiger partial charge >= 0.3 is 5.97 Å². The number of carboxylic acids is 1. The Bertz CT molecular complexity index is 676. The third-order valence-electron chi connectivity index (χ3n) is 2.61. The monoisotopic (exact) mass is 283 g/mol. The van der Waals surface area contributed by atoms with Gasteiger partial charge in [-0.25, -0.2) is 9.78 Å². The SMILES string of the molecule is Nc1ccc(C(=O)Nc2ccc(/C=C/C(=O)O)cc2)nc1. The number of benzene rings is 1. The second-order valence-electron chi connectivity index (χ2n) is 4.22.